The monoisotopic (exact) mass is 481 g/mol. The van der Waals surface area contributed by atoms with Crippen molar-refractivity contribution in [3.8, 4) is 5.75 Å². The van der Waals surface area contributed by atoms with E-state index in [0.717, 1.165) is 49.7 Å². The summed E-state index contributed by atoms with van der Waals surface area (Å²) >= 11 is 0. The number of nitrogens with one attached hydrogen (secondary N) is 2. The maximum Gasteiger partial charge on any atom is 0.191 e. The molecule has 1 aromatic carbocycles. The van der Waals surface area contributed by atoms with Gasteiger partial charge in [-0.25, -0.2) is 0 Å². The molecule has 5 nitrogen and oxygen atoms in total. The molecule has 1 aliphatic rings. The van der Waals surface area contributed by atoms with Gasteiger partial charge in [-0.05, 0) is 49.1 Å². The predicted molar refractivity (Wildman–Crippen MR) is 120 cm³/mol. The van der Waals surface area contributed by atoms with Crippen LogP contribution in [0, 0.1) is 0 Å². The van der Waals surface area contributed by atoms with Gasteiger partial charge in [-0.2, -0.15) is 0 Å². The number of methoxy groups -OCH3 is 1. The second-order valence-electron chi connectivity index (χ2n) is 6.37. The summed E-state index contributed by atoms with van der Waals surface area (Å²) in [5, 5.41) is 6.98. The first-order valence-electron chi connectivity index (χ1n) is 9.18. The Balaban J connectivity index is 0.00000261. The number of hydrogen-bond acceptors (Lipinski definition) is 3. The third-order valence-electron chi connectivity index (χ3n) is 4.42. The van der Waals surface area contributed by atoms with E-state index < -0.39 is 0 Å². The lowest BCUT2D eigenvalue weighted by atomic mass is 10.1. The highest BCUT2D eigenvalue weighted by molar-refractivity contribution is 14.0. The zero-order valence-corrected chi connectivity index (χ0v) is 18.0. The number of nitrogens with zero attached hydrogens (tertiary/aromatic N) is 1. The van der Waals surface area contributed by atoms with Crippen LogP contribution in [0.4, 0.5) is 0 Å². The summed E-state index contributed by atoms with van der Waals surface area (Å²) in [5.41, 5.74) is 1.27. The molecule has 0 fully saturated rings. The molecule has 0 amide bonds. The van der Waals surface area contributed by atoms with Crippen LogP contribution in [0.2, 0.25) is 0 Å². The van der Waals surface area contributed by atoms with E-state index >= 15 is 0 Å². The quantitative estimate of drug-likeness (QED) is 0.260. The summed E-state index contributed by atoms with van der Waals surface area (Å²) in [6.45, 7) is 1.53. The third-order valence-corrected chi connectivity index (χ3v) is 4.42. The van der Waals surface area contributed by atoms with Crippen molar-refractivity contribution in [2.24, 2.45) is 4.99 Å². The van der Waals surface area contributed by atoms with Gasteiger partial charge in [-0.3, -0.25) is 4.99 Å². The molecule has 0 aliphatic heterocycles. The number of guanidine groups is 1. The van der Waals surface area contributed by atoms with Crippen LogP contribution in [0.3, 0.4) is 0 Å². The molecule has 27 heavy (non-hydrogen) atoms. The minimum absolute atomic E-state index is 0. The van der Waals surface area contributed by atoms with Crippen molar-refractivity contribution in [1.29, 1.82) is 0 Å². The lowest BCUT2D eigenvalue weighted by molar-refractivity contribution is 0.414. The molecule has 0 bridgehead atoms. The standard InChI is InChI=1S/C21H27N3O2.HI/c1-25-19-10-8-17(9-11-19)12-14-22-21(24-18-5-2-3-6-18)23-15-13-20-7-4-16-26-20;/h2-4,7-11,16,18H,5-6,12-15H2,1H3,(H2,22,23,24);1H. The van der Waals surface area contributed by atoms with E-state index in [-0.39, 0.29) is 24.0 Å². The number of aliphatic imine (C=N–C) groups is 1. The number of ether oxygens (including phenoxy) is 1. The summed E-state index contributed by atoms with van der Waals surface area (Å²) in [4.78, 5) is 4.71. The molecule has 3 rings (SSSR count). The van der Waals surface area contributed by atoms with Gasteiger partial charge in [0.1, 0.15) is 11.5 Å². The van der Waals surface area contributed by atoms with Crippen LogP contribution < -0.4 is 15.4 Å². The molecule has 1 aromatic heterocycles. The molecule has 0 saturated heterocycles. The van der Waals surface area contributed by atoms with Crippen molar-refractivity contribution in [1.82, 2.24) is 10.6 Å². The Morgan fingerprint density at radius 3 is 2.59 bits per heavy atom. The molecule has 1 heterocycles. The van der Waals surface area contributed by atoms with Gasteiger partial charge in [0.25, 0.3) is 0 Å². The van der Waals surface area contributed by atoms with Gasteiger partial charge in [-0.15, -0.1) is 24.0 Å². The van der Waals surface area contributed by atoms with Crippen LogP contribution in [0.25, 0.3) is 0 Å². The van der Waals surface area contributed by atoms with E-state index in [1.54, 1.807) is 13.4 Å². The second-order valence-corrected chi connectivity index (χ2v) is 6.37. The van der Waals surface area contributed by atoms with Gasteiger partial charge >= 0.3 is 0 Å². The Bertz CT molecular complexity index is 704. The Labute approximate surface area is 178 Å². The number of hydrogen-bond donors (Lipinski definition) is 2. The largest absolute Gasteiger partial charge is 0.497 e. The molecule has 0 radical (unpaired) electrons. The summed E-state index contributed by atoms with van der Waals surface area (Å²) in [7, 11) is 1.69. The van der Waals surface area contributed by atoms with Crippen molar-refractivity contribution < 1.29 is 9.15 Å². The Morgan fingerprint density at radius 1 is 1.15 bits per heavy atom. The number of benzene rings is 1. The predicted octanol–water partition coefficient (Wildman–Crippen LogP) is 3.95. The van der Waals surface area contributed by atoms with Gasteiger partial charge in [0, 0.05) is 25.6 Å². The fraction of sp³-hybridized carbons (Fsp3) is 0.381. The van der Waals surface area contributed by atoms with Crippen LogP contribution >= 0.6 is 24.0 Å². The SMILES string of the molecule is COc1ccc(CCNC(=NCCc2ccco2)NC2CC=CC2)cc1.I. The summed E-state index contributed by atoms with van der Waals surface area (Å²) in [6.07, 6.45) is 9.99. The molecule has 0 unspecified atom stereocenters. The van der Waals surface area contributed by atoms with Gasteiger partial charge in [0.15, 0.2) is 5.96 Å². The Hall–Kier alpha value is -1.96. The minimum atomic E-state index is 0. The van der Waals surface area contributed by atoms with Gasteiger partial charge in [0.2, 0.25) is 0 Å². The van der Waals surface area contributed by atoms with E-state index in [1.807, 2.05) is 24.3 Å². The average Bonchev–Trinajstić information content (AvgIpc) is 3.36. The van der Waals surface area contributed by atoms with E-state index in [2.05, 4.69) is 34.9 Å². The first-order valence-corrected chi connectivity index (χ1v) is 9.18. The van der Waals surface area contributed by atoms with Gasteiger partial charge in [0.05, 0.1) is 13.4 Å². The number of rotatable bonds is 8. The van der Waals surface area contributed by atoms with E-state index in [1.165, 1.54) is 5.56 Å². The summed E-state index contributed by atoms with van der Waals surface area (Å²) in [5.74, 6) is 2.73. The minimum Gasteiger partial charge on any atom is -0.497 e. The van der Waals surface area contributed by atoms with E-state index in [9.17, 15) is 0 Å². The molecule has 0 atom stereocenters. The Kier molecular flexibility index (Phi) is 9.24. The van der Waals surface area contributed by atoms with E-state index in [0.29, 0.717) is 12.6 Å². The lowest BCUT2D eigenvalue weighted by Gasteiger charge is -2.17. The van der Waals surface area contributed by atoms with Crippen LogP contribution in [0.15, 0.2) is 64.2 Å². The number of furan rings is 1. The Morgan fingerprint density at radius 2 is 1.93 bits per heavy atom. The van der Waals surface area contributed by atoms with Crippen molar-refractivity contribution in [3.05, 3.63) is 66.1 Å². The summed E-state index contributed by atoms with van der Waals surface area (Å²) < 4.78 is 10.6. The number of halogens is 1. The zero-order chi connectivity index (χ0) is 18.0. The normalized spacial score (nSPS) is 14.0. The topological polar surface area (TPSA) is 58.8 Å². The van der Waals surface area contributed by atoms with Crippen molar-refractivity contribution >= 4 is 29.9 Å². The molecule has 146 valence electrons. The molecular weight excluding hydrogens is 453 g/mol. The zero-order valence-electron chi connectivity index (χ0n) is 15.7. The molecule has 6 heteroatoms. The van der Waals surface area contributed by atoms with Crippen molar-refractivity contribution in [2.45, 2.75) is 31.7 Å². The van der Waals surface area contributed by atoms with Gasteiger partial charge in [-0.1, -0.05) is 24.3 Å². The van der Waals surface area contributed by atoms with Gasteiger partial charge < -0.3 is 19.8 Å². The highest BCUT2D eigenvalue weighted by atomic mass is 127. The molecule has 0 saturated carbocycles. The van der Waals surface area contributed by atoms with E-state index in [4.69, 9.17) is 14.1 Å². The smallest absolute Gasteiger partial charge is 0.191 e. The van der Waals surface area contributed by atoms with Crippen LogP contribution in [0.1, 0.15) is 24.2 Å². The summed E-state index contributed by atoms with van der Waals surface area (Å²) in [6, 6.07) is 12.5. The molecule has 2 aromatic rings. The average molecular weight is 481 g/mol. The first-order chi connectivity index (χ1) is 12.8. The maximum absolute atomic E-state index is 5.38. The maximum atomic E-state index is 5.38. The molecular formula is C21H28IN3O2. The lowest BCUT2D eigenvalue weighted by Crippen LogP contribution is -2.43. The van der Waals surface area contributed by atoms with Crippen molar-refractivity contribution in [2.75, 3.05) is 20.2 Å². The first kappa shape index (κ1) is 21.3. The highest BCUT2D eigenvalue weighted by Crippen LogP contribution is 2.11. The molecule has 1 aliphatic carbocycles. The fourth-order valence-electron chi connectivity index (χ4n) is 2.93. The highest BCUT2D eigenvalue weighted by Gasteiger charge is 2.11. The van der Waals surface area contributed by atoms with Crippen LogP contribution in [0.5, 0.6) is 5.75 Å². The fourth-order valence-corrected chi connectivity index (χ4v) is 2.93. The van der Waals surface area contributed by atoms with Crippen LogP contribution in [-0.2, 0) is 12.8 Å². The van der Waals surface area contributed by atoms with Crippen LogP contribution in [-0.4, -0.2) is 32.2 Å². The van der Waals surface area contributed by atoms with Crippen molar-refractivity contribution in [3.63, 3.8) is 0 Å². The molecule has 0 spiro atoms. The third kappa shape index (κ3) is 7.28. The second kappa shape index (κ2) is 11.7. The molecule has 2 N–H and O–H groups in total.